The van der Waals surface area contributed by atoms with Crippen molar-refractivity contribution in [1.29, 1.82) is 0 Å². The minimum absolute atomic E-state index is 0.491. The van der Waals surface area contributed by atoms with E-state index in [1.807, 2.05) is 7.11 Å². The number of hydrogen-bond acceptors (Lipinski definition) is 3. The van der Waals surface area contributed by atoms with E-state index in [4.69, 9.17) is 4.74 Å². The van der Waals surface area contributed by atoms with Gasteiger partial charge in [-0.1, -0.05) is 0 Å². The van der Waals surface area contributed by atoms with Crippen molar-refractivity contribution in [2.45, 2.75) is 45.3 Å². The van der Waals surface area contributed by atoms with E-state index in [1.54, 1.807) is 0 Å². The number of piperidine rings is 1. The summed E-state index contributed by atoms with van der Waals surface area (Å²) in [5.41, 5.74) is 0. The Bertz CT molecular complexity index is 224. The Labute approximate surface area is 106 Å². The third kappa shape index (κ3) is 3.67. The van der Waals surface area contributed by atoms with E-state index >= 15 is 0 Å². The SMILES string of the molecule is COC1CCN(CC2CCN(C(C)C)CC2)C1. The monoisotopic (exact) mass is 240 g/mol. The number of hydrogen-bond donors (Lipinski definition) is 0. The van der Waals surface area contributed by atoms with Crippen molar-refractivity contribution in [2.24, 2.45) is 5.92 Å². The highest BCUT2D eigenvalue weighted by molar-refractivity contribution is 4.81. The second-order valence-electron chi connectivity index (χ2n) is 5.98. The van der Waals surface area contributed by atoms with Crippen LogP contribution in [0.4, 0.5) is 0 Å². The minimum Gasteiger partial charge on any atom is -0.380 e. The number of methoxy groups -OCH3 is 1. The molecule has 2 fully saturated rings. The Morgan fingerprint density at radius 3 is 2.35 bits per heavy atom. The predicted molar refractivity (Wildman–Crippen MR) is 71.3 cm³/mol. The first-order valence-corrected chi connectivity index (χ1v) is 7.18. The molecule has 0 N–H and O–H groups in total. The zero-order chi connectivity index (χ0) is 12.3. The van der Waals surface area contributed by atoms with E-state index in [-0.39, 0.29) is 0 Å². The van der Waals surface area contributed by atoms with Gasteiger partial charge in [0.2, 0.25) is 0 Å². The van der Waals surface area contributed by atoms with Gasteiger partial charge in [-0.15, -0.1) is 0 Å². The van der Waals surface area contributed by atoms with Gasteiger partial charge in [0.15, 0.2) is 0 Å². The molecule has 2 rings (SSSR count). The van der Waals surface area contributed by atoms with Crippen LogP contribution in [-0.4, -0.2) is 61.8 Å². The Hall–Kier alpha value is -0.120. The van der Waals surface area contributed by atoms with Crippen molar-refractivity contribution >= 4 is 0 Å². The molecule has 1 unspecified atom stereocenters. The Morgan fingerprint density at radius 2 is 1.82 bits per heavy atom. The van der Waals surface area contributed by atoms with Gasteiger partial charge in [-0.05, 0) is 52.1 Å². The summed E-state index contributed by atoms with van der Waals surface area (Å²) in [6, 6.07) is 0.723. The molecule has 0 aromatic rings. The molecule has 17 heavy (non-hydrogen) atoms. The van der Waals surface area contributed by atoms with Crippen molar-refractivity contribution in [1.82, 2.24) is 9.80 Å². The molecular weight excluding hydrogens is 212 g/mol. The average molecular weight is 240 g/mol. The van der Waals surface area contributed by atoms with Crippen LogP contribution in [0.3, 0.4) is 0 Å². The van der Waals surface area contributed by atoms with Gasteiger partial charge in [-0.3, -0.25) is 0 Å². The highest BCUT2D eigenvalue weighted by Gasteiger charge is 2.27. The number of likely N-dealkylation sites (tertiary alicyclic amines) is 2. The van der Waals surface area contributed by atoms with Crippen molar-refractivity contribution in [3.8, 4) is 0 Å². The molecule has 2 heterocycles. The smallest absolute Gasteiger partial charge is 0.0710 e. The highest BCUT2D eigenvalue weighted by Crippen LogP contribution is 2.22. The van der Waals surface area contributed by atoms with Crippen molar-refractivity contribution in [3.63, 3.8) is 0 Å². The first-order chi connectivity index (χ1) is 8.19. The third-order valence-corrected chi connectivity index (χ3v) is 4.46. The second kappa shape index (κ2) is 6.17. The summed E-state index contributed by atoms with van der Waals surface area (Å²) in [6.45, 7) is 10.9. The third-order valence-electron chi connectivity index (χ3n) is 4.46. The fraction of sp³-hybridized carbons (Fsp3) is 1.00. The normalized spacial score (nSPS) is 29.3. The quantitative estimate of drug-likeness (QED) is 0.745. The van der Waals surface area contributed by atoms with E-state index in [1.165, 1.54) is 45.4 Å². The molecule has 0 saturated carbocycles. The fourth-order valence-corrected chi connectivity index (χ4v) is 3.17. The molecular formula is C14H28N2O. The van der Waals surface area contributed by atoms with Crippen LogP contribution in [0.25, 0.3) is 0 Å². The lowest BCUT2D eigenvalue weighted by atomic mass is 9.95. The summed E-state index contributed by atoms with van der Waals surface area (Å²) in [6.07, 6.45) is 4.48. The highest BCUT2D eigenvalue weighted by atomic mass is 16.5. The molecule has 3 nitrogen and oxygen atoms in total. The fourth-order valence-electron chi connectivity index (χ4n) is 3.17. The van der Waals surface area contributed by atoms with Gasteiger partial charge < -0.3 is 14.5 Å². The molecule has 2 aliphatic heterocycles. The summed E-state index contributed by atoms with van der Waals surface area (Å²) in [5, 5.41) is 0. The molecule has 3 heteroatoms. The number of ether oxygens (including phenoxy) is 1. The van der Waals surface area contributed by atoms with E-state index in [0.29, 0.717) is 6.10 Å². The summed E-state index contributed by atoms with van der Waals surface area (Å²) in [5.74, 6) is 0.917. The van der Waals surface area contributed by atoms with E-state index in [0.717, 1.165) is 18.5 Å². The maximum atomic E-state index is 5.43. The van der Waals surface area contributed by atoms with Gasteiger partial charge in [-0.25, -0.2) is 0 Å². The number of nitrogens with zero attached hydrogens (tertiary/aromatic N) is 2. The number of rotatable bonds is 4. The molecule has 2 saturated heterocycles. The standard InChI is InChI=1S/C14H28N2O/c1-12(2)16-8-4-13(5-9-16)10-15-7-6-14(11-15)17-3/h12-14H,4-11H2,1-3H3. The van der Waals surface area contributed by atoms with Gasteiger partial charge in [0, 0.05) is 32.8 Å². The summed E-state index contributed by atoms with van der Waals surface area (Å²) in [4.78, 5) is 5.21. The van der Waals surface area contributed by atoms with Crippen LogP contribution in [0.15, 0.2) is 0 Å². The van der Waals surface area contributed by atoms with Gasteiger partial charge in [0.1, 0.15) is 0 Å². The second-order valence-corrected chi connectivity index (χ2v) is 5.98. The topological polar surface area (TPSA) is 15.7 Å². The molecule has 0 amide bonds. The van der Waals surface area contributed by atoms with Gasteiger partial charge in [0.05, 0.1) is 6.10 Å². The Balaban J connectivity index is 1.68. The molecule has 0 spiro atoms. The van der Waals surface area contributed by atoms with Crippen molar-refractivity contribution in [3.05, 3.63) is 0 Å². The van der Waals surface area contributed by atoms with E-state index in [9.17, 15) is 0 Å². The Morgan fingerprint density at radius 1 is 1.12 bits per heavy atom. The van der Waals surface area contributed by atoms with Gasteiger partial charge in [0.25, 0.3) is 0 Å². The maximum Gasteiger partial charge on any atom is 0.0710 e. The lowest BCUT2D eigenvalue weighted by molar-refractivity contribution is 0.0966. The van der Waals surface area contributed by atoms with Crippen LogP contribution in [0.2, 0.25) is 0 Å². The molecule has 0 radical (unpaired) electrons. The molecule has 0 aliphatic carbocycles. The molecule has 0 bridgehead atoms. The average Bonchev–Trinajstić information content (AvgIpc) is 2.77. The van der Waals surface area contributed by atoms with Crippen LogP contribution < -0.4 is 0 Å². The molecule has 100 valence electrons. The lowest BCUT2D eigenvalue weighted by Gasteiger charge is -2.36. The van der Waals surface area contributed by atoms with Crippen LogP contribution in [0.5, 0.6) is 0 Å². The largest absolute Gasteiger partial charge is 0.380 e. The summed E-state index contributed by atoms with van der Waals surface area (Å²) < 4.78 is 5.43. The van der Waals surface area contributed by atoms with Crippen LogP contribution >= 0.6 is 0 Å². The first-order valence-electron chi connectivity index (χ1n) is 7.18. The van der Waals surface area contributed by atoms with Crippen molar-refractivity contribution < 1.29 is 4.74 Å². The van der Waals surface area contributed by atoms with Gasteiger partial charge in [-0.2, -0.15) is 0 Å². The van der Waals surface area contributed by atoms with E-state index < -0.39 is 0 Å². The zero-order valence-electron chi connectivity index (χ0n) is 11.7. The molecule has 2 aliphatic rings. The maximum absolute atomic E-state index is 5.43. The van der Waals surface area contributed by atoms with Crippen molar-refractivity contribution in [2.75, 3.05) is 39.8 Å². The summed E-state index contributed by atoms with van der Waals surface area (Å²) in [7, 11) is 1.84. The van der Waals surface area contributed by atoms with Crippen LogP contribution in [0, 0.1) is 5.92 Å². The Kier molecular flexibility index (Phi) is 4.83. The molecule has 0 aromatic carbocycles. The first kappa shape index (κ1) is 13.3. The van der Waals surface area contributed by atoms with Crippen LogP contribution in [0.1, 0.15) is 33.1 Å². The van der Waals surface area contributed by atoms with Gasteiger partial charge >= 0.3 is 0 Å². The predicted octanol–water partition coefficient (Wildman–Crippen LogP) is 1.83. The zero-order valence-corrected chi connectivity index (χ0v) is 11.7. The minimum atomic E-state index is 0.491. The summed E-state index contributed by atoms with van der Waals surface area (Å²) >= 11 is 0. The molecule has 1 atom stereocenters. The van der Waals surface area contributed by atoms with Crippen LogP contribution in [-0.2, 0) is 4.74 Å². The van der Waals surface area contributed by atoms with E-state index in [2.05, 4.69) is 23.6 Å². The molecule has 0 aromatic heterocycles. The lowest BCUT2D eigenvalue weighted by Crippen LogP contribution is -2.41.